The summed E-state index contributed by atoms with van der Waals surface area (Å²) in [7, 11) is 0. The van der Waals surface area contributed by atoms with Crippen molar-refractivity contribution in [3.63, 3.8) is 0 Å². The van der Waals surface area contributed by atoms with Crippen LogP contribution in [0.3, 0.4) is 0 Å². The third-order valence-electron chi connectivity index (χ3n) is 1.84. The molecule has 0 aliphatic rings. The van der Waals surface area contributed by atoms with E-state index >= 15 is 0 Å². The maximum atomic E-state index is 11.4. The molecule has 0 aliphatic carbocycles. The molecule has 5 nitrogen and oxygen atoms in total. The first kappa shape index (κ1) is 12.0. The largest absolute Gasteiger partial charge is 0.478 e. The number of amides is 1. The van der Waals surface area contributed by atoms with E-state index < -0.39 is 11.9 Å². The van der Waals surface area contributed by atoms with Crippen molar-refractivity contribution in [3.8, 4) is 0 Å². The third kappa shape index (κ3) is 3.27. The number of carboxylic acids is 1. The van der Waals surface area contributed by atoms with E-state index in [0.717, 1.165) is 11.8 Å². The van der Waals surface area contributed by atoms with Crippen molar-refractivity contribution in [2.24, 2.45) is 0 Å². The fraction of sp³-hybridized carbons (Fsp3) is 0.273. The molecule has 86 valence electrons. The van der Waals surface area contributed by atoms with E-state index in [4.69, 9.17) is 9.52 Å². The van der Waals surface area contributed by atoms with Crippen molar-refractivity contribution in [1.29, 1.82) is 0 Å². The Balaban J connectivity index is 2.59. The van der Waals surface area contributed by atoms with Gasteiger partial charge in [0.2, 0.25) is 0 Å². The van der Waals surface area contributed by atoms with Crippen LogP contribution < -0.4 is 5.32 Å². The zero-order valence-electron chi connectivity index (χ0n) is 9.11. The number of furan rings is 1. The number of carbonyl (C=O) groups is 2. The van der Waals surface area contributed by atoms with E-state index in [0.29, 0.717) is 6.54 Å². The van der Waals surface area contributed by atoms with Gasteiger partial charge in [-0.15, -0.1) is 0 Å². The summed E-state index contributed by atoms with van der Waals surface area (Å²) in [5.41, 5.74) is 1.05. The van der Waals surface area contributed by atoms with Gasteiger partial charge in [0.25, 0.3) is 5.91 Å². The highest BCUT2D eigenvalue weighted by Gasteiger charge is 2.13. The molecule has 0 fully saturated rings. The molecule has 1 aromatic heterocycles. The molecule has 1 aromatic rings. The number of carbonyl (C=O) groups excluding carboxylic acids is 1. The lowest BCUT2D eigenvalue weighted by Crippen LogP contribution is -2.22. The smallest absolute Gasteiger partial charge is 0.338 e. The quantitative estimate of drug-likeness (QED) is 0.761. The van der Waals surface area contributed by atoms with Gasteiger partial charge in [-0.05, 0) is 13.8 Å². The Labute approximate surface area is 92.8 Å². The van der Waals surface area contributed by atoms with Crippen LogP contribution in [-0.4, -0.2) is 23.5 Å². The lowest BCUT2D eigenvalue weighted by Gasteiger charge is -1.98. The zero-order valence-corrected chi connectivity index (χ0v) is 9.11. The first-order valence-electron chi connectivity index (χ1n) is 4.74. The standard InChI is InChI=1S/C11H13NO4/c1-7(2)3-4-12-10(13)9-5-8(6-16-9)11(14)15/h3,5-6H,4H2,1-2H3,(H,12,13)(H,14,15). The van der Waals surface area contributed by atoms with Gasteiger partial charge in [0.05, 0.1) is 5.56 Å². The molecule has 0 unspecified atom stereocenters. The molecule has 0 aromatic carbocycles. The number of nitrogens with one attached hydrogen (secondary N) is 1. The molecule has 5 heteroatoms. The molecule has 1 amide bonds. The van der Waals surface area contributed by atoms with Crippen LogP contribution in [0.5, 0.6) is 0 Å². The van der Waals surface area contributed by atoms with Crippen molar-refractivity contribution in [1.82, 2.24) is 5.32 Å². The Hall–Kier alpha value is -2.04. The summed E-state index contributed by atoms with van der Waals surface area (Å²) in [6.07, 6.45) is 2.89. The molecular formula is C11H13NO4. The van der Waals surface area contributed by atoms with Gasteiger partial charge in [-0.2, -0.15) is 0 Å². The number of hydrogen-bond donors (Lipinski definition) is 2. The summed E-state index contributed by atoms with van der Waals surface area (Å²) in [5.74, 6) is -1.54. The van der Waals surface area contributed by atoms with Gasteiger partial charge >= 0.3 is 5.97 Å². The second kappa shape index (κ2) is 5.16. The maximum Gasteiger partial charge on any atom is 0.338 e. The highest BCUT2D eigenvalue weighted by atomic mass is 16.4. The normalized spacial score (nSPS) is 9.62. The maximum absolute atomic E-state index is 11.4. The van der Waals surface area contributed by atoms with Crippen LogP contribution in [0.15, 0.2) is 28.4 Å². The Morgan fingerprint density at radius 2 is 2.19 bits per heavy atom. The van der Waals surface area contributed by atoms with Gasteiger partial charge in [-0.1, -0.05) is 11.6 Å². The number of hydrogen-bond acceptors (Lipinski definition) is 3. The average molecular weight is 223 g/mol. The van der Waals surface area contributed by atoms with Crippen LogP contribution in [0.1, 0.15) is 34.8 Å². The van der Waals surface area contributed by atoms with Crippen molar-refractivity contribution in [3.05, 3.63) is 35.3 Å². The van der Waals surface area contributed by atoms with Crippen molar-refractivity contribution in [2.45, 2.75) is 13.8 Å². The summed E-state index contributed by atoms with van der Waals surface area (Å²) < 4.78 is 4.83. The van der Waals surface area contributed by atoms with Crippen LogP contribution in [0.2, 0.25) is 0 Å². The Bertz CT molecular complexity index is 427. The first-order chi connectivity index (χ1) is 7.50. The summed E-state index contributed by atoms with van der Waals surface area (Å²) in [4.78, 5) is 22.0. The van der Waals surface area contributed by atoms with Gasteiger partial charge in [-0.3, -0.25) is 4.79 Å². The lowest BCUT2D eigenvalue weighted by atomic mass is 10.3. The summed E-state index contributed by atoms with van der Waals surface area (Å²) >= 11 is 0. The van der Waals surface area contributed by atoms with Crippen LogP contribution >= 0.6 is 0 Å². The fourth-order valence-corrected chi connectivity index (χ4v) is 1.00. The minimum atomic E-state index is -1.12. The molecule has 0 saturated heterocycles. The van der Waals surface area contributed by atoms with E-state index in [-0.39, 0.29) is 11.3 Å². The first-order valence-corrected chi connectivity index (χ1v) is 4.74. The Kier molecular flexibility index (Phi) is 3.88. The van der Waals surface area contributed by atoms with E-state index in [1.807, 2.05) is 19.9 Å². The molecule has 2 N–H and O–H groups in total. The number of rotatable bonds is 4. The zero-order chi connectivity index (χ0) is 12.1. The predicted molar refractivity (Wildman–Crippen MR) is 57.4 cm³/mol. The van der Waals surface area contributed by atoms with Gasteiger partial charge in [0.1, 0.15) is 6.26 Å². The third-order valence-corrected chi connectivity index (χ3v) is 1.84. The Morgan fingerprint density at radius 1 is 1.50 bits per heavy atom. The minimum absolute atomic E-state index is 0.000411. The Morgan fingerprint density at radius 3 is 2.69 bits per heavy atom. The number of allylic oxidation sites excluding steroid dienone is 1. The van der Waals surface area contributed by atoms with E-state index in [1.54, 1.807) is 0 Å². The number of carboxylic acid groups (broad SMARTS) is 1. The topological polar surface area (TPSA) is 79.5 Å². The summed E-state index contributed by atoms with van der Waals surface area (Å²) in [6.45, 7) is 4.23. The fourth-order valence-electron chi connectivity index (χ4n) is 1.00. The molecular weight excluding hydrogens is 210 g/mol. The SMILES string of the molecule is CC(C)=CCNC(=O)c1cc(C(=O)O)co1. The average Bonchev–Trinajstić information content (AvgIpc) is 2.65. The second-order valence-corrected chi connectivity index (χ2v) is 3.50. The molecule has 0 aliphatic heterocycles. The van der Waals surface area contributed by atoms with Crippen LogP contribution in [0, 0.1) is 0 Å². The van der Waals surface area contributed by atoms with E-state index in [2.05, 4.69) is 5.32 Å². The highest BCUT2D eigenvalue weighted by Crippen LogP contribution is 2.07. The molecule has 1 heterocycles. The minimum Gasteiger partial charge on any atom is -0.478 e. The van der Waals surface area contributed by atoms with Crippen molar-refractivity contribution >= 4 is 11.9 Å². The molecule has 0 bridgehead atoms. The van der Waals surface area contributed by atoms with Crippen molar-refractivity contribution < 1.29 is 19.1 Å². The molecule has 16 heavy (non-hydrogen) atoms. The van der Waals surface area contributed by atoms with Gasteiger partial charge in [-0.25, -0.2) is 4.79 Å². The molecule has 0 saturated carbocycles. The van der Waals surface area contributed by atoms with Crippen LogP contribution in [-0.2, 0) is 0 Å². The molecule has 1 rings (SSSR count). The molecule has 0 radical (unpaired) electrons. The van der Waals surface area contributed by atoms with E-state index in [1.165, 1.54) is 6.07 Å². The second-order valence-electron chi connectivity index (χ2n) is 3.50. The monoisotopic (exact) mass is 223 g/mol. The van der Waals surface area contributed by atoms with Crippen molar-refractivity contribution in [2.75, 3.05) is 6.54 Å². The van der Waals surface area contributed by atoms with Crippen LogP contribution in [0.25, 0.3) is 0 Å². The molecule has 0 atom stereocenters. The van der Waals surface area contributed by atoms with E-state index in [9.17, 15) is 9.59 Å². The van der Waals surface area contributed by atoms with Crippen LogP contribution in [0.4, 0.5) is 0 Å². The van der Waals surface area contributed by atoms with Gasteiger partial charge in [0, 0.05) is 12.6 Å². The predicted octanol–water partition coefficient (Wildman–Crippen LogP) is 1.67. The highest BCUT2D eigenvalue weighted by molar-refractivity contribution is 5.95. The summed E-state index contributed by atoms with van der Waals surface area (Å²) in [6, 6.07) is 1.19. The number of aromatic carboxylic acids is 1. The van der Waals surface area contributed by atoms with Gasteiger partial charge < -0.3 is 14.8 Å². The molecule has 0 spiro atoms. The summed E-state index contributed by atoms with van der Waals surface area (Å²) in [5, 5.41) is 11.2. The lowest BCUT2D eigenvalue weighted by molar-refractivity contribution is 0.0696. The van der Waals surface area contributed by atoms with Gasteiger partial charge in [0.15, 0.2) is 5.76 Å².